The molecule has 130 valence electrons. The highest BCUT2D eigenvalue weighted by Gasteiger charge is 2.09. The fraction of sp³-hybridized carbons (Fsp3) is 0.222. The number of amides is 1. The van der Waals surface area contributed by atoms with Gasteiger partial charge < -0.3 is 14.6 Å². The molecule has 0 radical (unpaired) electrons. The molecule has 1 aromatic heterocycles. The molecule has 0 fully saturated rings. The first-order chi connectivity index (χ1) is 12.0. The zero-order valence-electron chi connectivity index (χ0n) is 13.6. The minimum absolute atomic E-state index is 0.0507. The molecule has 0 saturated carbocycles. The highest BCUT2D eigenvalue weighted by Crippen LogP contribution is 2.21. The average molecular weight is 406 g/mol. The van der Waals surface area contributed by atoms with Crippen molar-refractivity contribution in [3.8, 4) is 5.75 Å². The molecule has 2 aromatic carbocycles. The lowest BCUT2D eigenvalue weighted by Gasteiger charge is -2.10. The predicted molar refractivity (Wildman–Crippen MR) is 97.1 cm³/mol. The van der Waals surface area contributed by atoms with Crippen LogP contribution in [-0.2, 0) is 11.3 Å². The average Bonchev–Trinajstić information content (AvgIpc) is 2.90. The largest absolute Gasteiger partial charge is 0.481 e. The fourth-order valence-corrected chi connectivity index (χ4v) is 2.91. The van der Waals surface area contributed by atoms with Crippen molar-refractivity contribution in [2.75, 3.05) is 13.2 Å². The number of nitrogens with zero attached hydrogens (tertiary/aromatic N) is 2. The summed E-state index contributed by atoms with van der Waals surface area (Å²) in [7, 11) is 0. The number of para-hydroxylation sites is 2. The number of ether oxygens (including phenoxy) is 1. The molecule has 1 heterocycles. The molecule has 0 aliphatic heterocycles. The minimum Gasteiger partial charge on any atom is -0.481 e. The van der Waals surface area contributed by atoms with Crippen molar-refractivity contribution in [3.63, 3.8) is 0 Å². The van der Waals surface area contributed by atoms with Gasteiger partial charge in [-0.15, -0.1) is 0 Å². The fourth-order valence-electron chi connectivity index (χ4n) is 2.57. The van der Waals surface area contributed by atoms with E-state index in [1.165, 1.54) is 12.1 Å². The van der Waals surface area contributed by atoms with Crippen LogP contribution in [-0.4, -0.2) is 28.6 Å². The molecule has 25 heavy (non-hydrogen) atoms. The van der Waals surface area contributed by atoms with Gasteiger partial charge in [-0.1, -0.05) is 28.1 Å². The van der Waals surface area contributed by atoms with Gasteiger partial charge in [0.05, 0.1) is 11.0 Å². The summed E-state index contributed by atoms with van der Waals surface area (Å²) in [6.45, 7) is 2.74. The maximum Gasteiger partial charge on any atom is 0.258 e. The molecule has 0 aliphatic carbocycles. The van der Waals surface area contributed by atoms with Crippen LogP contribution < -0.4 is 10.1 Å². The van der Waals surface area contributed by atoms with E-state index in [2.05, 4.69) is 26.2 Å². The molecule has 0 spiro atoms. The molecule has 3 rings (SSSR count). The first-order valence-electron chi connectivity index (χ1n) is 7.81. The summed E-state index contributed by atoms with van der Waals surface area (Å²) in [6.07, 6.45) is 0. The van der Waals surface area contributed by atoms with Crippen molar-refractivity contribution in [1.29, 1.82) is 0 Å². The number of imidazole rings is 1. The molecule has 1 N–H and O–H groups in total. The summed E-state index contributed by atoms with van der Waals surface area (Å²) < 4.78 is 21.5. The van der Waals surface area contributed by atoms with Gasteiger partial charge in [0.15, 0.2) is 18.2 Å². The molecule has 7 heteroatoms. The van der Waals surface area contributed by atoms with Gasteiger partial charge in [0.25, 0.3) is 5.91 Å². The van der Waals surface area contributed by atoms with Gasteiger partial charge in [-0.25, -0.2) is 9.37 Å². The maximum absolute atomic E-state index is 13.6. The second-order valence-corrected chi connectivity index (χ2v) is 6.43. The van der Waals surface area contributed by atoms with Gasteiger partial charge in [0.1, 0.15) is 5.82 Å². The Bertz CT molecular complexity index is 910. The number of rotatable bonds is 6. The Labute approximate surface area is 152 Å². The Morgan fingerprint density at radius 2 is 2.12 bits per heavy atom. The predicted octanol–water partition coefficient (Wildman–Crippen LogP) is 3.44. The van der Waals surface area contributed by atoms with E-state index in [9.17, 15) is 9.18 Å². The molecular formula is C18H17BrFN3O2. The van der Waals surface area contributed by atoms with E-state index in [1.54, 1.807) is 6.07 Å². The van der Waals surface area contributed by atoms with E-state index >= 15 is 0 Å². The Morgan fingerprint density at radius 1 is 1.32 bits per heavy atom. The molecule has 0 aliphatic rings. The van der Waals surface area contributed by atoms with Crippen molar-refractivity contribution in [3.05, 3.63) is 58.6 Å². The topological polar surface area (TPSA) is 56.2 Å². The lowest BCUT2D eigenvalue weighted by molar-refractivity contribution is -0.123. The van der Waals surface area contributed by atoms with Crippen LogP contribution in [0.1, 0.15) is 5.82 Å². The van der Waals surface area contributed by atoms with E-state index in [0.29, 0.717) is 17.6 Å². The number of hydrogen-bond acceptors (Lipinski definition) is 3. The molecule has 0 bridgehead atoms. The standard InChI is InChI=1S/C18H17BrFN3O2/c1-12-22-15-4-2-3-5-16(15)23(12)9-8-21-18(24)11-25-17-7-6-13(19)10-14(17)20/h2-7,10H,8-9,11H2,1H3,(H,21,24). The molecule has 3 aromatic rings. The van der Waals surface area contributed by atoms with Crippen LogP contribution in [0.4, 0.5) is 4.39 Å². The zero-order valence-corrected chi connectivity index (χ0v) is 15.2. The third-order valence-electron chi connectivity index (χ3n) is 3.76. The number of carbonyl (C=O) groups is 1. The van der Waals surface area contributed by atoms with Gasteiger partial charge >= 0.3 is 0 Å². The Kier molecular flexibility index (Phi) is 5.33. The normalized spacial score (nSPS) is 10.8. The molecule has 1 amide bonds. The highest BCUT2D eigenvalue weighted by atomic mass is 79.9. The summed E-state index contributed by atoms with van der Waals surface area (Å²) in [4.78, 5) is 16.4. The third-order valence-corrected chi connectivity index (χ3v) is 4.25. The van der Waals surface area contributed by atoms with E-state index < -0.39 is 5.82 Å². The van der Waals surface area contributed by atoms with Crippen LogP contribution >= 0.6 is 15.9 Å². The van der Waals surface area contributed by atoms with Crippen molar-refractivity contribution in [2.24, 2.45) is 0 Å². The van der Waals surface area contributed by atoms with Gasteiger partial charge in [-0.3, -0.25) is 4.79 Å². The van der Waals surface area contributed by atoms with Crippen LogP contribution in [0, 0.1) is 12.7 Å². The summed E-state index contributed by atoms with van der Waals surface area (Å²) in [5.41, 5.74) is 1.96. The molecule has 5 nitrogen and oxygen atoms in total. The molecule has 0 unspecified atom stereocenters. The van der Waals surface area contributed by atoms with Gasteiger partial charge in [-0.05, 0) is 37.3 Å². The van der Waals surface area contributed by atoms with Gasteiger partial charge in [-0.2, -0.15) is 0 Å². The van der Waals surface area contributed by atoms with Crippen molar-refractivity contribution in [2.45, 2.75) is 13.5 Å². The number of nitrogens with one attached hydrogen (secondary N) is 1. The van der Waals surface area contributed by atoms with E-state index in [4.69, 9.17) is 4.74 Å². The van der Waals surface area contributed by atoms with Gasteiger partial charge in [0.2, 0.25) is 0 Å². The minimum atomic E-state index is -0.511. The summed E-state index contributed by atoms with van der Waals surface area (Å²) in [6, 6.07) is 12.3. The zero-order chi connectivity index (χ0) is 17.8. The van der Waals surface area contributed by atoms with Crippen molar-refractivity contribution >= 4 is 32.9 Å². The number of aromatic nitrogens is 2. The SMILES string of the molecule is Cc1nc2ccccc2n1CCNC(=O)COc1ccc(Br)cc1F. The second kappa shape index (κ2) is 7.65. The Morgan fingerprint density at radius 3 is 2.92 bits per heavy atom. The van der Waals surface area contributed by atoms with Crippen LogP contribution in [0.15, 0.2) is 46.9 Å². The molecule has 0 saturated heterocycles. The smallest absolute Gasteiger partial charge is 0.258 e. The number of halogens is 2. The monoisotopic (exact) mass is 405 g/mol. The quantitative estimate of drug-likeness (QED) is 0.683. The summed E-state index contributed by atoms with van der Waals surface area (Å²) >= 11 is 3.17. The number of benzene rings is 2. The maximum atomic E-state index is 13.6. The lowest BCUT2D eigenvalue weighted by Crippen LogP contribution is -2.31. The highest BCUT2D eigenvalue weighted by molar-refractivity contribution is 9.10. The lowest BCUT2D eigenvalue weighted by atomic mass is 10.3. The first kappa shape index (κ1) is 17.4. The number of hydrogen-bond donors (Lipinski definition) is 1. The summed E-state index contributed by atoms with van der Waals surface area (Å²) in [5, 5.41) is 2.77. The first-order valence-corrected chi connectivity index (χ1v) is 8.60. The van der Waals surface area contributed by atoms with E-state index in [1.807, 2.05) is 35.8 Å². The Hall–Kier alpha value is -2.41. The Balaban J connectivity index is 1.51. The molecular weight excluding hydrogens is 389 g/mol. The number of fused-ring (bicyclic) bond motifs is 1. The second-order valence-electron chi connectivity index (χ2n) is 5.51. The number of aryl methyl sites for hydroxylation is 1. The van der Waals surface area contributed by atoms with Crippen molar-refractivity contribution in [1.82, 2.24) is 14.9 Å². The third kappa shape index (κ3) is 4.17. The van der Waals surface area contributed by atoms with E-state index in [-0.39, 0.29) is 18.3 Å². The number of carbonyl (C=O) groups excluding carboxylic acids is 1. The van der Waals surface area contributed by atoms with Crippen LogP contribution in [0.25, 0.3) is 11.0 Å². The van der Waals surface area contributed by atoms with Crippen LogP contribution in [0.3, 0.4) is 0 Å². The van der Waals surface area contributed by atoms with Crippen LogP contribution in [0.2, 0.25) is 0 Å². The van der Waals surface area contributed by atoms with Crippen molar-refractivity contribution < 1.29 is 13.9 Å². The molecule has 0 atom stereocenters. The summed E-state index contributed by atoms with van der Waals surface area (Å²) in [5.74, 6) is 0.130. The van der Waals surface area contributed by atoms with E-state index in [0.717, 1.165) is 16.9 Å². The van der Waals surface area contributed by atoms with Crippen LogP contribution in [0.5, 0.6) is 5.75 Å². The van der Waals surface area contributed by atoms with Gasteiger partial charge in [0, 0.05) is 17.6 Å².